The zero-order valence-corrected chi connectivity index (χ0v) is 49.6. The summed E-state index contributed by atoms with van der Waals surface area (Å²) in [6.07, 6.45) is 95.1. The average Bonchev–Trinajstić information content (AvgIpc) is 3.40. The van der Waals surface area contributed by atoms with E-state index in [9.17, 15) is 15.0 Å². The summed E-state index contributed by atoms with van der Waals surface area (Å²) in [7, 11) is 0. The van der Waals surface area contributed by atoms with Crippen molar-refractivity contribution in [2.45, 2.75) is 347 Å². The van der Waals surface area contributed by atoms with Gasteiger partial charge in [0.05, 0.1) is 18.8 Å². The fourth-order valence-corrected chi connectivity index (χ4v) is 9.93. The molecule has 0 saturated heterocycles. The van der Waals surface area contributed by atoms with Gasteiger partial charge in [0.1, 0.15) is 0 Å². The van der Waals surface area contributed by atoms with Crippen LogP contribution < -0.4 is 5.32 Å². The van der Waals surface area contributed by atoms with E-state index in [1.54, 1.807) is 6.08 Å². The monoisotopic (exact) mass is 1030 g/mol. The lowest BCUT2D eigenvalue weighted by Crippen LogP contribution is -2.45. The van der Waals surface area contributed by atoms with Crippen LogP contribution >= 0.6 is 0 Å². The maximum Gasteiger partial charge on any atom is 0.220 e. The van der Waals surface area contributed by atoms with E-state index < -0.39 is 12.1 Å². The van der Waals surface area contributed by atoms with Crippen LogP contribution in [0.2, 0.25) is 0 Å². The minimum Gasteiger partial charge on any atom is -0.394 e. The Kier molecular flexibility index (Phi) is 62.7. The van der Waals surface area contributed by atoms with Crippen molar-refractivity contribution >= 4 is 5.91 Å². The van der Waals surface area contributed by atoms with Gasteiger partial charge in [0.15, 0.2) is 0 Å². The molecule has 4 heteroatoms. The lowest BCUT2D eigenvalue weighted by molar-refractivity contribution is -0.123. The molecule has 0 spiro atoms. The third-order valence-electron chi connectivity index (χ3n) is 14.9. The number of carbonyl (C=O) groups is 1. The van der Waals surface area contributed by atoms with Crippen LogP contribution in [0.4, 0.5) is 0 Å². The number of nitrogens with one attached hydrogen (secondary N) is 1. The van der Waals surface area contributed by atoms with Crippen molar-refractivity contribution in [1.82, 2.24) is 5.32 Å². The highest BCUT2D eigenvalue weighted by atomic mass is 16.3. The Bertz CT molecular complexity index is 1310. The Morgan fingerprint density at radius 3 is 0.946 bits per heavy atom. The molecule has 4 nitrogen and oxygen atoms in total. The second kappa shape index (κ2) is 64.9. The fourth-order valence-electron chi connectivity index (χ4n) is 9.93. The van der Waals surface area contributed by atoms with Gasteiger partial charge in [0.2, 0.25) is 5.91 Å². The van der Waals surface area contributed by atoms with E-state index in [4.69, 9.17) is 0 Å². The van der Waals surface area contributed by atoms with Crippen molar-refractivity contribution in [2.75, 3.05) is 6.61 Å². The molecule has 2 unspecified atom stereocenters. The van der Waals surface area contributed by atoms with Crippen molar-refractivity contribution < 1.29 is 15.0 Å². The van der Waals surface area contributed by atoms with Crippen LogP contribution in [0.1, 0.15) is 335 Å². The van der Waals surface area contributed by atoms with Gasteiger partial charge in [-0.1, -0.05) is 336 Å². The summed E-state index contributed by atoms with van der Waals surface area (Å²) in [5.41, 5.74) is 0. The third kappa shape index (κ3) is 60.4. The predicted octanol–water partition coefficient (Wildman–Crippen LogP) is 22.3. The first kappa shape index (κ1) is 71.6. The minimum absolute atomic E-state index is 0.0743. The molecule has 2 atom stereocenters. The topological polar surface area (TPSA) is 69.6 Å². The number of aliphatic hydroxyl groups excluding tert-OH is 2. The third-order valence-corrected chi connectivity index (χ3v) is 14.9. The molecular weight excluding hydrogens is 903 g/mol. The van der Waals surface area contributed by atoms with Gasteiger partial charge in [-0.15, -0.1) is 0 Å². The standard InChI is InChI=1S/C70H127NO3/c1-3-5-7-9-11-13-15-17-19-21-23-25-27-29-31-33-34-35-36-38-39-41-43-45-47-49-51-53-55-57-59-61-63-65-69(73)68(67-72)71-70(74)66-64-62-60-58-56-54-52-50-48-46-44-42-40-37-32-30-28-26-24-22-20-18-16-14-12-10-8-6-4-2/h6,8,12,14,18,20,24,26,30,32,55,57,63,65,68-69,72-73H,3-5,7,9-11,13,15-17,19,21-23,25,27-29,31,33-54,56,58-62,64,66-67H2,1-2H3,(H,71,74)/b8-6-,14-12-,20-18-,26-24-,32-30-,57-55+,65-63+. The number of carbonyl (C=O) groups excluding carboxylic acids is 1. The predicted molar refractivity (Wildman–Crippen MR) is 331 cm³/mol. The molecule has 0 rings (SSSR count). The van der Waals surface area contributed by atoms with Crippen molar-refractivity contribution in [1.29, 1.82) is 0 Å². The molecule has 0 aromatic heterocycles. The first-order chi connectivity index (χ1) is 36.7. The summed E-state index contributed by atoms with van der Waals surface area (Å²) in [5.74, 6) is -0.0743. The van der Waals surface area contributed by atoms with Crippen molar-refractivity contribution in [3.05, 3.63) is 85.1 Å². The number of hydrogen-bond acceptors (Lipinski definition) is 3. The normalized spacial score (nSPS) is 13.3. The highest BCUT2D eigenvalue weighted by molar-refractivity contribution is 5.76. The van der Waals surface area contributed by atoms with Gasteiger partial charge in [0.25, 0.3) is 0 Å². The maximum atomic E-state index is 12.5. The quantitative estimate of drug-likeness (QED) is 0.0420. The van der Waals surface area contributed by atoms with Crippen LogP contribution in [-0.2, 0) is 4.79 Å². The molecule has 0 aliphatic rings. The molecule has 0 aromatic rings. The van der Waals surface area contributed by atoms with E-state index in [1.807, 2.05) is 6.08 Å². The summed E-state index contributed by atoms with van der Waals surface area (Å²) >= 11 is 0. The SMILES string of the molecule is CC/C=C\C/C=C\C/C=C\C/C=C\C/C=C\CCCCCCCCCCCCCCCC(=O)NC(CO)C(O)/C=C/CC/C=C/CCCCCCCCCCCCCCCCCCCCCCCCCCCCC. The molecule has 3 N–H and O–H groups in total. The summed E-state index contributed by atoms with van der Waals surface area (Å²) in [4.78, 5) is 12.5. The second-order valence-corrected chi connectivity index (χ2v) is 22.1. The van der Waals surface area contributed by atoms with Gasteiger partial charge in [-0.25, -0.2) is 0 Å². The van der Waals surface area contributed by atoms with E-state index in [2.05, 4.69) is 92.1 Å². The summed E-state index contributed by atoms with van der Waals surface area (Å²) in [5, 5.41) is 23.2. The van der Waals surface area contributed by atoms with Gasteiger partial charge < -0.3 is 15.5 Å². The zero-order valence-electron chi connectivity index (χ0n) is 49.6. The molecule has 0 heterocycles. The Hall–Kier alpha value is -2.43. The largest absolute Gasteiger partial charge is 0.394 e. The molecule has 430 valence electrons. The van der Waals surface area contributed by atoms with Gasteiger partial charge in [-0.05, 0) is 77.0 Å². The molecule has 0 aliphatic carbocycles. The molecule has 1 amide bonds. The van der Waals surface area contributed by atoms with Gasteiger partial charge in [-0.2, -0.15) is 0 Å². The number of aliphatic hydroxyl groups is 2. The maximum absolute atomic E-state index is 12.5. The Balaban J connectivity index is 3.50. The Morgan fingerprint density at radius 2 is 0.608 bits per heavy atom. The van der Waals surface area contributed by atoms with Crippen LogP contribution in [0.15, 0.2) is 85.1 Å². The Morgan fingerprint density at radius 1 is 0.338 bits per heavy atom. The van der Waals surface area contributed by atoms with Crippen molar-refractivity contribution in [3.63, 3.8) is 0 Å². The number of amides is 1. The molecule has 0 fully saturated rings. The summed E-state index contributed by atoms with van der Waals surface area (Å²) in [6, 6.07) is -0.646. The Labute approximate surface area is 462 Å². The van der Waals surface area contributed by atoms with E-state index in [0.717, 1.165) is 64.2 Å². The molecular formula is C70H127NO3. The lowest BCUT2D eigenvalue weighted by atomic mass is 10.0. The van der Waals surface area contributed by atoms with E-state index in [-0.39, 0.29) is 12.5 Å². The number of allylic oxidation sites excluding steroid dienone is 13. The van der Waals surface area contributed by atoms with Gasteiger partial charge in [0, 0.05) is 6.42 Å². The van der Waals surface area contributed by atoms with Crippen LogP contribution in [0.25, 0.3) is 0 Å². The van der Waals surface area contributed by atoms with Gasteiger partial charge in [-0.3, -0.25) is 4.79 Å². The highest BCUT2D eigenvalue weighted by Crippen LogP contribution is 2.18. The fraction of sp³-hybridized carbons (Fsp3) is 0.786. The second-order valence-electron chi connectivity index (χ2n) is 22.1. The molecule has 74 heavy (non-hydrogen) atoms. The van der Waals surface area contributed by atoms with Crippen LogP contribution in [0, 0.1) is 0 Å². The molecule has 0 radical (unpaired) electrons. The average molecular weight is 1030 g/mol. The summed E-state index contributed by atoms with van der Waals surface area (Å²) < 4.78 is 0. The van der Waals surface area contributed by atoms with Crippen LogP contribution in [0.5, 0.6) is 0 Å². The molecule has 0 aliphatic heterocycles. The number of rotatable bonds is 60. The summed E-state index contributed by atoms with van der Waals surface area (Å²) in [6.45, 7) is 4.21. The first-order valence-electron chi connectivity index (χ1n) is 32.8. The van der Waals surface area contributed by atoms with Crippen LogP contribution in [-0.4, -0.2) is 34.9 Å². The smallest absolute Gasteiger partial charge is 0.220 e. The number of unbranched alkanes of at least 4 members (excludes halogenated alkanes) is 41. The zero-order chi connectivity index (χ0) is 53.4. The van der Waals surface area contributed by atoms with Crippen molar-refractivity contribution in [3.8, 4) is 0 Å². The first-order valence-corrected chi connectivity index (χ1v) is 32.8. The van der Waals surface area contributed by atoms with Gasteiger partial charge >= 0.3 is 0 Å². The van der Waals surface area contributed by atoms with E-state index in [0.29, 0.717) is 6.42 Å². The van der Waals surface area contributed by atoms with E-state index in [1.165, 1.54) is 250 Å². The molecule has 0 aromatic carbocycles. The molecule has 0 saturated carbocycles. The van der Waals surface area contributed by atoms with Crippen LogP contribution in [0.3, 0.4) is 0 Å². The highest BCUT2D eigenvalue weighted by Gasteiger charge is 2.18. The lowest BCUT2D eigenvalue weighted by Gasteiger charge is -2.19. The number of hydrogen-bond donors (Lipinski definition) is 3. The van der Waals surface area contributed by atoms with E-state index >= 15 is 0 Å². The van der Waals surface area contributed by atoms with Crippen molar-refractivity contribution in [2.24, 2.45) is 0 Å². The molecule has 0 bridgehead atoms. The minimum atomic E-state index is -0.869.